The van der Waals surface area contributed by atoms with Crippen molar-refractivity contribution in [2.45, 2.75) is 26.9 Å². The number of nitrogens with one attached hydrogen (secondary N) is 1. The summed E-state index contributed by atoms with van der Waals surface area (Å²) in [6.07, 6.45) is -0.673. The van der Waals surface area contributed by atoms with Gasteiger partial charge in [0, 0.05) is 5.69 Å². The summed E-state index contributed by atoms with van der Waals surface area (Å²) in [5.74, 6) is -0.0970. The monoisotopic (exact) mass is 327 g/mol. The summed E-state index contributed by atoms with van der Waals surface area (Å²) in [5, 5.41) is 2.74. The number of benzene rings is 2. The maximum absolute atomic E-state index is 12.3. The number of ether oxygens (including phenoxy) is 2. The van der Waals surface area contributed by atoms with E-state index in [0.29, 0.717) is 17.0 Å². The molecule has 1 atom stereocenters. The van der Waals surface area contributed by atoms with E-state index in [4.69, 9.17) is 4.74 Å². The molecule has 24 heavy (non-hydrogen) atoms. The second-order valence-corrected chi connectivity index (χ2v) is 5.65. The topological polar surface area (TPSA) is 64.6 Å². The van der Waals surface area contributed by atoms with Crippen LogP contribution >= 0.6 is 0 Å². The van der Waals surface area contributed by atoms with Gasteiger partial charge in [-0.2, -0.15) is 0 Å². The fourth-order valence-electron chi connectivity index (χ4n) is 2.34. The highest BCUT2D eigenvalue weighted by Gasteiger charge is 2.16. The van der Waals surface area contributed by atoms with Crippen LogP contribution in [0.1, 0.15) is 28.4 Å². The van der Waals surface area contributed by atoms with Crippen LogP contribution in [0, 0.1) is 13.8 Å². The number of hydrogen-bond donors (Lipinski definition) is 1. The van der Waals surface area contributed by atoms with E-state index in [0.717, 1.165) is 11.1 Å². The van der Waals surface area contributed by atoms with Crippen molar-refractivity contribution in [1.82, 2.24) is 0 Å². The summed E-state index contributed by atoms with van der Waals surface area (Å²) in [7, 11) is 1.31. The Morgan fingerprint density at radius 3 is 2.33 bits per heavy atom. The van der Waals surface area contributed by atoms with Gasteiger partial charge in [-0.15, -0.1) is 0 Å². The van der Waals surface area contributed by atoms with Gasteiger partial charge in [0.05, 0.1) is 12.7 Å². The molecule has 5 heteroatoms. The summed E-state index contributed by atoms with van der Waals surface area (Å²) in [6, 6.07) is 12.4. The Hall–Kier alpha value is -2.82. The van der Waals surface area contributed by atoms with Gasteiger partial charge in [0.15, 0.2) is 6.10 Å². The van der Waals surface area contributed by atoms with E-state index < -0.39 is 12.1 Å². The Morgan fingerprint density at radius 2 is 1.71 bits per heavy atom. The maximum Gasteiger partial charge on any atom is 0.337 e. The first-order valence-corrected chi connectivity index (χ1v) is 7.63. The molecule has 0 saturated carbocycles. The van der Waals surface area contributed by atoms with Crippen LogP contribution in [0.25, 0.3) is 0 Å². The van der Waals surface area contributed by atoms with Gasteiger partial charge in [-0.1, -0.05) is 12.1 Å². The molecule has 0 unspecified atom stereocenters. The third-order valence-electron chi connectivity index (χ3n) is 3.43. The minimum atomic E-state index is -0.673. The zero-order valence-electron chi connectivity index (χ0n) is 14.3. The lowest BCUT2D eigenvalue weighted by Crippen LogP contribution is -2.30. The second kappa shape index (κ2) is 7.64. The number of rotatable bonds is 5. The van der Waals surface area contributed by atoms with Crippen LogP contribution in [0.4, 0.5) is 5.69 Å². The Balaban J connectivity index is 2.05. The van der Waals surface area contributed by atoms with E-state index in [2.05, 4.69) is 10.1 Å². The van der Waals surface area contributed by atoms with Gasteiger partial charge in [-0.05, 0) is 62.2 Å². The number of carbonyl (C=O) groups is 2. The molecule has 126 valence electrons. The zero-order chi connectivity index (χ0) is 17.7. The first-order chi connectivity index (χ1) is 11.4. The number of hydrogen-bond acceptors (Lipinski definition) is 4. The Labute approximate surface area is 141 Å². The van der Waals surface area contributed by atoms with Crippen LogP contribution in [0.2, 0.25) is 0 Å². The predicted octanol–water partition coefficient (Wildman–Crippen LogP) is 3.50. The molecule has 0 heterocycles. The van der Waals surface area contributed by atoms with Gasteiger partial charge < -0.3 is 14.8 Å². The third kappa shape index (κ3) is 4.59. The standard InChI is InChI=1S/C19H21NO4/c1-12-8-13(2)10-17(9-12)24-14(3)18(21)20-16-7-5-6-15(11-16)19(22)23-4/h5-11,14H,1-4H3,(H,20,21)/t14-/m1/s1. The Morgan fingerprint density at radius 1 is 1.04 bits per heavy atom. The highest BCUT2D eigenvalue weighted by atomic mass is 16.5. The largest absolute Gasteiger partial charge is 0.481 e. The molecule has 5 nitrogen and oxygen atoms in total. The number of methoxy groups -OCH3 is 1. The number of carbonyl (C=O) groups excluding carboxylic acids is 2. The summed E-state index contributed by atoms with van der Waals surface area (Å²) in [5.41, 5.74) is 3.03. The quantitative estimate of drug-likeness (QED) is 0.854. The first kappa shape index (κ1) is 17.5. The van der Waals surface area contributed by atoms with Gasteiger partial charge in [-0.25, -0.2) is 4.79 Å². The molecule has 1 amide bonds. The fourth-order valence-corrected chi connectivity index (χ4v) is 2.34. The van der Waals surface area contributed by atoms with E-state index >= 15 is 0 Å². The van der Waals surface area contributed by atoms with Gasteiger partial charge >= 0.3 is 5.97 Å². The highest BCUT2D eigenvalue weighted by Crippen LogP contribution is 2.18. The van der Waals surface area contributed by atoms with Crippen LogP contribution in [-0.2, 0) is 9.53 Å². The van der Waals surface area contributed by atoms with Crippen molar-refractivity contribution in [2.75, 3.05) is 12.4 Å². The van der Waals surface area contributed by atoms with E-state index in [1.54, 1.807) is 31.2 Å². The summed E-state index contributed by atoms with van der Waals surface area (Å²) in [4.78, 5) is 23.8. The van der Waals surface area contributed by atoms with Crippen LogP contribution in [0.5, 0.6) is 5.75 Å². The van der Waals surface area contributed by atoms with Crippen LogP contribution in [0.3, 0.4) is 0 Å². The molecule has 0 aliphatic carbocycles. The molecule has 0 aromatic heterocycles. The first-order valence-electron chi connectivity index (χ1n) is 7.63. The van der Waals surface area contributed by atoms with Crippen molar-refractivity contribution in [1.29, 1.82) is 0 Å². The lowest BCUT2D eigenvalue weighted by atomic mass is 10.1. The molecule has 0 spiro atoms. The van der Waals surface area contributed by atoms with Crippen LogP contribution in [-0.4, -0.2) is 25.1 Å². The second-order valence-electron chi connectivity index (χ2n) is 5.65. The normalized spacial score (nSPS) is 11.5. The average molecular weight is 327 g/mol. The van der Waals surface area contributed by atoms with E-state index in [1.807, 2.05) is 32.0 Å². The summed E-state index contributed by atoms with van der Waals surface area (Å²) >= 11 is 0. The third-order valence-corrected chi connectivity index (χ3v) is 3.43. The molecule has 0 radical (unpaired) electrons. The van der Waals surface area contributed by atoms with Crippen molar-refractivity contribution in [3.05, 3.63) is 59.2 Å². The smallest absolute Gasteiger partial charge is 0.337 e. The maximum atomic E-state index is 12.3. The molecule has 2 rings (SSSR count). The molecule has 1 N–H and O–H groups in total. The summed E-state index contributed by atoms with van der Waals surface area (Å²) in [6.45, 7) is 5.63. The van der Waals surface area contributed by atoms with Gasteiger partial charge in [0.25, 0.3) is 5.91 Å². The molecule has 2 aromatic carbocycles. The summed E-state index contributed by atoms with van der Waals surface area (Å²) < 4.78 is 10.4. The van der Waals surface area contributed by atoms with Crippen molar-refractivity contribution in [3.63, 3.8) is 0 Å². The van der Waals surface area contributed by atoms with Crippen LogP contribution in [0.15, 0.2) is 42.5 Å². The molecule has 0 bridgehead atoms. The highest BCUT2D eigenvalue weighted by molar-refractivity contribution is 5.96. The zero-order valence-corrected chi connectivity index (χ0v) is 14.3. The van der Waals surface area contributed by atoms with Gasteiger partial charge in [0.1, 0.15) is 5.75 Å². The van der Waals surface area contributed by atoms with Crippen molar-refractivity contribution < 1.29 is 19.1 Å². The van der Waals surface area contributed by atoms with Crippen molar-refractivity contribution in [2.24, 2.45) is 0 Å². The number of aryl methyl sites for hydroxylation is 2. The van der Waals surface area contributed by atoms with E-state index in [1.165, 1.54) is 7.11 Å². The lowest BCUT2D eigenvalue weighted by Gasteiger charge is -2.16. The molecular formula is C19H21NO4. The van der Waals surface area contributed by atoms with E-state index in [9.17, 15) is 9.59 Å². The number of amides is 1. The van der Waals surface area contributed by atoms with Crippen molar-refractivity contribution in [3.8, 4) is 5.75 Å². The predicted molar refractivity (Wildman–Crippen MR) is 92.4 cm³/mol. The Bertz CT molecular complexity index is 735. The minimum absolute atomic E-state index is 0.295. The lowest BCUT2D eigenvalue weighted by molar-refractivity contribution is -0.122. The van der Waals surface area contributed by atoms with Gasteiger partial charge in [0.2, 0.25) is 0 Å². The number of esters is 1. The molecule has 0 fully saturated rings. The molecule has 2 aromatic rings. The molecule has 0 aliphatic rings. The fraction of sp³-hybridized carbons (Fsp3) is 0.263. The van der Waals surface area contributed by atoms with Crippen LogP contribution < -0.4 is 10.1 Å². The average Bonchev–Trinajstić information content (AvgIpc) is 2.53. The number of anilines is 1. The van der Waals surface area contributed by atoms with Gasteiger partial charge in [-0.3, -0.25) is 4.79 Å². The van der Waals surface area contributed by atoms with Crippen molar-refractivity contribution >= 4 is 17.6 Å². The minimum Gasteiger partial charge on any atom is -0.481 e. The SMILES string of the molecule is COC(=O)c1cccc(NC(=O)[C@@H](C)Oc2cc(C)cc(C)c2)c1. The molecular weight excluding hydrogens is 306 g/mol. The van der Waals surface area contributed by atoms with E-state index in [-0.39, 0.29) is 5.91 Å². The molecule has 0 saturated heterocycles. The Kier molecular flexibility index (Phi) is 5.58. The molecule has 0 aliphatic heterocycles.